The fourth-order valence-electron chi connectivity index (χ4n) is 2.25. The molecule has 3 aromatic rings. The maximum absolute atomic E-state index is 12.7. The molecule has 0 aliphatic rings. The van der Waals surface area contributed by atoms with Crippen molar-refractivity contribution in [3.05, 3.63) is 42.0 Å². The van der Waals surface area contributed by atoms with Crippen LogP contribution >= 0.6 is 0 Å². The molecule has 2 aromatic carbocycles. The van der Waals surface area contributed by atoms with Gasteiger partial charge in [-0.15, -0.1) is 0 Å². The zero-order chi connectivity index (χ0) is 15.2. The molecular formula is C13H8F3N2O2S-. The third kappa shape index (κ3) is 2.59. The lowest BCUT2D eigenvalue weighted by molar-refractivity contribution is -0.137. The monoisotopic (exact) mass is 313 g/mol. The van der Waals surface area contributed by atoms with Crippen LogP contribution in [0.25, 0.3) is 21.8 Å². The van der Waals surface area contributed by atoms with E-state index in [-0.39, 0.29) is 0 Å². The highest BCUT2D eigenvalue weighted by Gasteiger charge is 2.30. The van der Waals surface area contributed by atoms with Gasteiger partial charge in [0.25, 0.3) is 0 Å². The molecule has 110 valence electrons. The summed E-state index contributed by atoms with van der Waals surface area (Å²) in [6.07, 6.45) is -4.41. The first-order valence-corrected chi connectivity index (χ1v) is 6.91. The van der Waals surface area contributed by atoms with Gasteiger partial charge in [-0.25, -0.2) is 0 Å². The predicted octanol–water partition coefficient (Wildman–Crippen LogP) is 3.55. The molecule has 0 saturated heterocycles. The number of nitrogens with one attached hydrogen (secondary N) is 2. The quantitative estimate of drug-likeness (QED) is 0.710. The second-order valence-corrected chi connectivity index (χ2v) is 5.15. The van der Waals surface area contributed by atoms with Crippen molar-refractivity contribution in [2.45, 2.75) is 6.18 Å². The van der Waals surface area contributed by atoms with Crippen molar-refractivity contribution < 1.29 is 21.9 Å². The molecular weight excluding hydrogens is 305 g/mol. The zero-order valence-electron chi connectivity index (χ0n) is 10.3. The van der Waals surface area contributed by atoms with Gasteiger partial charge in [-0.3, -0.25) is 4.21 Å². The summed E-state index contributed by atoms with van der Waals surface area (Å²) in [6.45, 7) is 0. The third-order valence-corrected chi connectivity index (χ3v) is 3.53. The molecule has 0 bridgehead atoms. The van der Waals surface area contributed by atoms with E-state index in [9.17, 15) is 21.9 Å². The maximum atomic E-state index is 12.7. The minimum Gasteiger partial charge on any atom is -0.755 e. The second-order valence-electron chi connectivity index (χ2n) is 4.48. The minimum absolute atomic E-state index is 0.332. The summed E-state index contributed by atoms with van der Waals surface area (Å²) in [4.78, 5) is 2.86. The first-order chi connectivity index (χ1) is 9.84. The van der Waals surface area contributed by atoms with Gasteiger partial charge in [0.05, 0.1) is 5.56 Å². The van der Waals surface area contributed by atoms with Crippen LogP contribution in [0.15, 0.2) is 36.4 Å². The molecule has 4 nitrogen and oxygen atoms in total. The van der Waals surface area contributed by atoms with E-state index in [0.29, 0.717) is 22.1 Å². The summed E-state index contributed by atoms with van der Waals surface area (Å²) in [5, 5.41) is 1.37. The highest BCUT2D eigenvalue weighted by Crippen LogP contribution is 2.34. The summed E-state index contributed by atoms with van der Waals surface area (Å²) in [5.74, 6) is 0. The van der Waals surface area contributed by atoms with Crippen LogP contribution in [0.4, 0.5) is 18.9 Å². The Labute approximate surface area is 119 Å². The average molecular weight is 313 g/mol. The molecule has 0 amide bonds. The highest BCUT2D eigenvalue weighted by atomic mass is 32.2. The Hall–Kier alpha value is -2.06. The summed E-state index contributed by atoms with van der Waals surface area (Å²) in [7, 11) is 0. The number of halogens is 3. The Morgan fingerprint density at radius 3 is 2.29 bits per heavy atom. The van der Waals surface area contributed by atoms with Crippen molar-refractivity contribution in [2.24, 2.45) is 0 Å². The van der Waals surface area contributed by atoms with Gasteiger partial charge >= 0.3 is 6.18 Å². The molecule has 0 aliphatic carbocycles. The van der Waals surface area contributed by atoms with Crippen molar-refractivity contribution in [1.29, 1.82) is 0 Å². The Bertz CT molecular complexity index is 858. The lowest BCUT2D eigenvalue weighted by atomic mass is 10.1. The van der Waals surface area contributed by atoms with Gasteiger partial charge in [0.1, 0.15) is 0 Å². The normalized spacial score (nSPS) is 13.7. The predicted molar refractivity (Wildman–Crippen MR) is 73.3 cm³/mol. The van der Waals surface area contributed by atoms with Gasteiger partial charge in [-0.05, 0) is 24.3 Å². The molecule has 8 heteroatoms. The maximum Gasteiger partial charge on any atom is 0.416 e. The van der Waals surface area contributed by atoms with E-state index in [0.717, 1.165) is 17.5 Å². The van der Waals surface area contributed by atoms with Crippen molar-refractivity contribution in [3.63, 3.8) is 0 Å². The SMILES string of the molecule is O=S([O-])Nc1ccc2c(c1)[nH]c1cc(C(F)(F)F)ccc12. The van der Waals surface area contributed by atoms with Crippen LogP contribution in [-0.2, 0) is 17.4 Å². The van der Waals surface area contributed by atoms with Gasteiger partial charge in [-0.1, -0.05) is 12.1 Å². The van der Waals surface area contributed by atoms with Crippen LogP contribution in [-0.4, -0.2) is 13.7 Å². The number of anilines is 1. The van der Waals surface area contributed by atoms with Gasteiger partial charge < -0.3 is 14.3 Å². The Morgan fingerprint density at radius 2 is 1.67 bits per heavy atom. The molecule has 21 heavy (non-hydrogen) atoms. The van der Waals surface area contributed by atoms with Gasteiger partial charge in [0.15, 0.2) is 0 Å². The number of fused-ring (bicyclic) bond motifs is 3. The molecule has 3 rings (SSSR count). The van der Waals surface area contributed by atoms with E-state index in [1.54, 1.807) is 12.1 Å². The topological polar surface area (TPSA) is 67.9 Å². The van der Waals surface area contributed by atoms with E-state index in [4.69, 9.17) is 0 Å². The highest BCUT2D eigenvalue weighted by molar-refractivity contribution is 7.80. The molecule has 0 radical (unpaired) electrons. The van der Waals surface area contributed by atoms with Crippen LogP contribution in [0.2, 0.25) is 0 Å². The van der Waals surface area contributed by atoms with Gasteiger partial charge in [-0.2, -0.15) is 13.2 Å². The fourth-order valence-corrected chi connectivity index (χ4v) is 2.57. The van der Waals surface area contributed by atoms with Crippen molar-refractivity contribution >= 4 is 38.8 Å². The Morgan fingerprint density at radius 1 is 1.05 bits per heavy atom. The molecule has 1 unspecified atom stereocenters. The molecule has 1 aromatic heterocycles. The molecule has 0 fully saturated rings. The standard InChI is InChI=1S/C13H9F3N2O2S/c14-13(15,16)7-1-3-9-10-4-2-8(18-21(19)20)6-12(10)17-11(9)5-7/h1-6,17-18H,(H,19,20)/p-1. The summed E-state index contributed by atoms with van der Waals surface area (Å²) in [5.41, 5.74) is 0.499. The molecule has 0 aliphatic heterocycles. The Balaban J connectivity index is 2.17. The van der Waals surface area contributed by atoms with Crippen LogP contribution in [0.5, 0.6) is 0 Å². The lowest BCUT2D eigenvalue weighted by Crippen LogP contribution is -2.03. The number of aromatic nitrogens is 1. The number of hydrogen-bond donors (Lipinski definition) is 2. The summed E-state index contributed by atoms with van der Waals surface area (Å²) >= 11 is -2.46. The largest absolute Gasteiger partial charge is 0.755 e. The lowest BCUT2D eigenvalue weighted by Gasteiger charge is -2.07. The number of hydrogen-bond acceptors (Lipinski definition) is 2. The second kappa shape index (κ2) is 4.74. The summed E-state index contributed by atoms with van der Waals surface area (Å²) in [6, 6.07) is 8.18. The Kier molecular flexibility index (Phi) is 3.14. The van der Waals surface area contributed by atoms with Crippen LogP contribution in [0.1, 0.15) is 5.56 Å². The number of rotatable bonds is 2. The first-order valence-electron chi connectivity index (χ1n) is 5.83. The van der Waals surface area contributed by atoms with E-state index in [1.807, 2.05) is 0 Å². The van der Waals surface area contributed by atoms with Crippen molar-refractivity contribution in [2.75, 3.05) is 4.72 Å². The van der Waals surface area contributed by atoms with E-state index < -0.39 is 23.0 Å². The van der Waals surface area contributed by atoms with Crippen LogP contribution < -0.4 is 4.72 Å². The van der Waals surface area contributed by atoms with E-state index in [1.165, 1.54) is 12.1 Å². The molecule has 1 atom stereocenters. The van der Waals surface area contributed by atoms with E-state index in [2.05, 4.69) is 9.71 Å². The number of alkyl halides is 3. The average Bonchev–Trinajstić information content (AvgIpc) is 2.73. The van der Waals surface area contributed by atoms with Crippen LogP contribution in [0, 0.1) is 0 Å². The van der Waals surface area contributed by atoms with Gasteiger partial charge in [0, 0.05) is 38.8 Å². The fraction of sp³-hybridized carbons (Fsp3) is 0.0769. The van der Waals surface area contributed by atoms with Gasteiger partial charge in [0.2, 0.25) is 0 Å². The van der Waals surface area contributed by atoms with Crippen LogP contribution in [0.3, 0.4) is 0 Å². The first kappa shape index (κ1) is 13.9. The smallest absolute Gasteiger partial charge is 0.416 e. The molecule has 0 spiro atoms. The third-order valence-electron chi connectivity index (χ3n) is 3.13. The minimum atomic E-state index is -4.41. The summed E-state index contributed by atoms with van der Waals surface area (Å²) < 4.78 is 61.4. The zero-order valence-corrected chi connectivity index (χ0v) is 11.1. The van der Waals surface area contributed by atoms with Crippen molar-refractivity contribution in [1.82, 2.24) is 4.98 Å². The molecule has 1 heterocycles. The van der Waals surface area contributed by atoms with E-state index >= 15 is 0 Å². The molecule has 0 saturated carbocycles. The molecule has 2 N–H and O–H groups in total. The number of benzene rings is 2. The van der Waals surface area contributed by atoms with Crippen molar-refractivity contribution in [3.8, 4) is 0 Å². The number of aromatic amines is 1. The number of H-pyrrole nitrogens is 1.